The van der Waals surface area contributed by atoms with Gasteiger partial charge in [-0.3, -0.25) is 0 Å². The zero-order valence-electron chi connectivity index (χ0n) is 23.4. The molecular formula is C35H38N2Si+2. The molecule has 0 aliphatic rings. The van der Waals surface area contributed by atoms with E-state index >= 15 is 0 Å². The molecule has 1 unspecified atom stereocenters. The highest BCUT2D eigenvalue weighted by Crippen LogP contribution is 2.31. The smallest absolute Gasteiger partial charge is 0.209 e. The fourth-order valence-electron chi connectivity index (χ4n) is 6.45. The Hall–Kier alpha value is -3.82. The molecule has 0 saturated heterocycles. The molecule has 0 spiro atoms. The number of hydrogen-bond acceptors (Lipinski definition) is 0. The van der Waals surface area contributed by atoms with E-state index < -0.39 is 8.07 Å². The molecule has 2 nitrogen and oxygen atoms in total. The van der Waals surface area contributed by atoms with Gasteiger partial charge in [-0.25, -0.2) is 9.13 Å². The number of benzene rings is 3. The highest BCUT2D eigenvalue weighted by molar-refractivity contribution is 7.18. The van der Waals surface area contributed by atoms with Crippen LogP contribution in [0.4, 0.5) is 0 Å². The van der Waals surface area contributed by atoms with Crippen LogP contribution in [-0.4, -0.2) is 8.07 Å². The molecule has 2 heterocycles. The molecule has 0 bridgehead atoms. The maximum absolute atomic E-state index is 2.73. The molecular weight excluding hydrogens is 476 g/mol. The summed E-state index contributed by atoms with van der Waals surface area (Å²) in [7, 11) is 1.74. The van der Waals surface area contributed by atoms with E-state index in [1.165, 1.54) is 43.4 Å². The van der Waals surface area contributed by atoms with Gasteiger partial charge in [0.2, 0.25) is 0 Å². The van der Waals surface area contributed by atoms with Crippen molar-refractivity contribution in [1.82, 2.24) is 0 Å². The van der Waals surface area contributed by atoms with E-state index in [1.54, 1.807) is 0 Å². The van der Waals surface area contributed by atoms with Crippen LogP contribution in [0.5, 0.6) is 0 Å². The summed E-state index contributed by atoms with van der Waals surface area (Å²) in [5.41, 5.74) is 5.15. The van der Waals surface area contributed by atoms with E-state index in [-0.39, 0.29) is 5.41 Å². The number of aryl methyl sites for hydroxylation is 3. The predicted octanol–water partition coefficient (Wildman–Crippen LogP) is 3.66. The van der Waals surface area contributed by atoms with E-state index in [2.05, 4.69) is 172 Å². The second kappa shape index (κ2) is 10.1. The summed E-state index contributed by atoms with van der Waals surface area (Å²) < 4.78 is 4.84. The second-order valence-corrected chi connectivity index (χ2v) is 14.6. The number of pyridine rings is 2. The van der Waals surface area contributed by atoms with Crippen molar-refractivity contribution in [2.45, 2.75) is 33.1 Å². The molecule has 5 aromatic rings. The van der Waals surface area contributed by atoms with Gasteiger partial charge in [-0.1, -0.05) is 96.6 Å². The molecule has 0 radical (unpaired) electrons. The molecule has 0 fully saturated rings. The van der Waals surface area contributed by atoms with Crippen molar-refractivity contribution >= 4 is 29.1 Å². The second-order valence-electron chi connectivity index (χ2n) is 10.9. The molecule has 0 saturated carbocycles. The molecule has 0 aliphatic carbocycles. The van der Waals surface area contributed by atoms with Crippen molar-refractivity contribution in [1.29, 1.82) is 0 Å². The van der Waals surface area contributed by atoms with Crippen LogP contribution in [-0.2, 0) is 19.5 Å². The third-order valence-electron chi connectivity index (χ3n) is 8.27. The molecule has 190 valence electrons. The first-order valence-corrected chi connectivity index (χ1v) is 15.4. The van der Waals surface area contributed by atoms with E-state index in [9.17, 15) is 0 Å². The molecule has 0 amide bonds. The summed E-state index contributed by atoms with van der Waals surface area (Å²) in [5.74, 6) is 0. The summed E-state index contributed by atoms with van der Waals surface area (Å²) >= 11 is 0. The summed E-state index contributed by atoms with van der Waals surface area (Å²) in [6.07, 6.45) is 2.19. The summed E-state index contributed by atoms with van der Waals surface area (Å²) in [6, 6.07) is 42.6. The van der Waals surface area contributed by atoms with Crippen molar-refractivity contribution in [3.8, 4) is 0 Å². The first-order chi connectivity index (χ1) is 18.3. The topological polar surface area (TPSA) is 7.76 Å². The normalized spacial score (nSPS) is 13.2. The van der Waals surface area contributed by atoms with Gasteiger partial charge in [0.1, 0.15) is 14.1 Å². The maximum Gasteiger partial charge on any atom is 0.336 e. The molecule has 2 aromatic heterocycles. The van der Waals surface area contributed by atoms with Gasteiger partial charge >= 0.3 is 8.07 Å². The number of nitrogens with zero attached hydrogens (tertiary/aromatic N) is 2. The van der Waals surface area contributed by atoms with Crippen LogP contribution in [0.2, 0.25) is 0 Å². The monoisotopic (exact) mass is 514 g/mol. The van der Waals surface area contributed by atoms with Gasteiger partial charge in [-0.2, -0.15) is 0 Å². The molecule has 1 atom stereocenters. The van der Waals surface area contributed by atoms with Crippen molar-refractivity contribution in [3.63, 3.8) is 0 Å². The van der Waals surface area contributed by atoms with E-state index in [0.717, 1.165) is 0 Å². The van der Waals surface area contributed by atoms with Crippen LogP contribution < -0.4 is 30.1 Å². The maximum atomic E-state index is 2.51. The standard InChI is InChI=1S/C35H38N2Si/c1-27-17-10-12-21-30(27)35(3,4)32-23-16-25-34(37(32)6)38(29-19-8-7-9-20-29,31-22-13-11-18-28(31)2)33-24-14-15-26-36(33)5/h7-26H,1-6H3/q+2. The Morgan fingerprint density at radius 2 is 1.18 bits per heavy atom. The highest BCUT2D eigenvalue weighted by Gasteiger charge is 2.55. The first-order valence-electron chi connectivity index (χ1n) is 13.4. The Bertz CT molecular complexity index is 1540. The average Bonchev–Trinajstić information content (AvgIpc) is 2.92. The molecule has 0 N–H and O–H groups in total. The summed E-state index contributed by atoms with van der Waals surface area (Å²) in [4.78, 5) is 0. The van der Waals surface area contributed by atoms with Crippen LogP contribution >= 0.6 is 0 Å². The predicted molar refractivity (Wildman–Crippen MR) is 160 cm³/mol. The van der Waals surface area contributed by atoms with E-state index in [0.29, 0.717) is 0 Å². The van der Waals surface area contributed by atoms with Gasteiger partial charge in [0.15, 0.2) is 22.5 Å². The fraction of sp³-hybridized carbons (Fsp3) is 0.200. The Labute approximate surface area is 228 Å². The third kappa shape index (κ3) is 4.12. The van der Waals surface area contributed by atoms with Gasteiger partial charge in [0, 0.05) is 24.3 Å². The van der Waals surface area contributed by atoms with Crippen molar-refractivity contribution in [2.24, 2.45) is 14.1 Å². The van der Waals surface area contributed by atoms with E-state index in [1.807, 2.05) is 0 Å². The number of aromatic nitrogens is 2. The highest BCUT2D eigenvalue weighted by atomic mass is 28.3. The van der Waals surface area contributed by atoms with Crippen LogP contribution in [0.15, 0.2) is 121 Å². The Balaban J connectivity index is 1.93. The van der Waals surface area contributed by atoms with Gasteiger partial charge in [0.05, 0.1) is 5.41 Å². The minimum absolute atomic E-state index is 0.169. The lowest BCUT2D eigenvalue weighted by Crippen LogP contribution is -2.86. The summed E-state index contributed by atoms with van der Waals surface area (Å²) in [5, 5.41) is 5.55. The lowest BCUT2D eigenvalue weighted by Gasteiger charge is -2.31. The number of rotatable bonds is 6. The molecule has 38 heavy (non-hydrogen) atoms. The van der Waals surface area contributed by atoms with E-state index in [4.69, 9.17) is 0 Å². The molecule has 0 aliphatic heterocycles. The number of hydrogen-bond donors (Lipinski definition) is 0. The zero-order valence-corrected chi connectivity index (χ0v) is 24.4. The zero-order chi connectivity index (χ0) is 26.9. The molecule has 3 heteroatoms. The van der Waals surface area contributed by atoms with Gasteiger partial charge in [0.25, 0.3) is 0 Å². The Morgan fingerprint density at radius 1 is 0.579 bits per heavy atom. The van der Waals surface area contributed by atoms with Crippen molar-refractivity contribution in [3.05, 3.63) is 144 Å². The van der Waals surface area contributed by atoms with Crippen LogP contribution in [0.3, 0.4) is 0 Å². The van der Waals surface area contributed by atoms with Crippen LogP contribution in [0.1, 0.15) is 36.2 Å². The summed E-state index contributed by atoms with van der Waals surface area (Å²) in [6.45, 7) is 9.21. The minimum Gasteiger partial charge on any atom is -0.209 e. The molecule has 3 aromatic carbocycles. The van der Waals surface area contributed by atoms with Gasteiger partial charge in [-0.15, -0.1) is 0 Å². The lowest BCUT2D eigenvalue weighted by molar-refractivity contribution is -0.666. The van der Waals surface area contributed by atoms with Crippen molar-refractivity contribution in [2.75, 3.05) is 0 Å². The van der Waals surface area contributed by atoms with Crippen LogP contribution in [0.25, 0.3) is 0 Å². The van der Waals surface area contributed by atoms with Gasteiger partial charge < -0.3 is 0 Å². The third-order valence-corrected chi connectivity index (χ3v) is 13.4. The quantitative estimate of drug-likeness (QED) is 0.241. The van der Waals surface area contributed by atoms with Crippen LogP contribution in [0, 0.1) is 13.8 Å². The Kier molecular flexibility index (Phi) is 6.89. The van der Waals surface area contributed by atoms with Gasteiger partial charge in [-0.05, 0) is 49.2 Å². The Morgan fingerprint density at radius 3 is 1.87 bits per heavy atom. The first kappa shape index (κ1) is 25.8. The molecule has 5 rings (SSSR count). The largest absolute Gasteiger partial charge is 0.336 e. The SMILES string of the molecule is Cc1ccccc1C(C)(C)c1cccc([Si](c2ccccc2)(c2ccccc2C)c2cccc[n+]2C)[n+]1C. The average molecular weight is 515 g/mol. The lowest BCUT2D eigenvalue weighted by atomic mass is 9.79. The van der Waals surface area contributed by atoms with Crippen molar-refractivity contribution < 1.29 is 9.13 Å². The fourth-order valence-corrected chi connectivity index (χ4v) is 11.8. The minimum atomic E-state index is -2.73.